The number of hydrogen-bond acceptors (Lipinski definition) is 2. The minimum atomic E-state index is -0.314. The average molecular weight is 307 g/mol. The van der Waals surface area contributed by atoms with Crippen LogP contribution in [-0.2, 0) is 4.74 Å². The Kier molecular flexibility index (Phi) is 4.56. The number of alkyl halides is 1. The summed E-state index contributed by atoms with van der Waals surface area (Å²) in [6, 6.07) is 6.05. The minimum Gasteiger partial charge on any atom is -0.486 e. The minimum absolute atomic E-state index is 0.00626. The Hall–Kier alpha value is -1.17. The molecule has 1 unspecified atom stereocenters. The van der Waals surface area contributed by atoms with Gasteiger partial charge in [-0.1, -0.05) is 17.9 Å². The molecule has 1 aliphatic heterocycles. The molecular weight excluding hydrogens is 284 g/mol. The first kappa shape index (κ1) is 16.2. The third-order valence-electron chi connectivity index (χ3n) is 3.69. The van der Waals surface area contributed by atoms with E-state index in [-0.39, 0.29) is 17.3 Å². The number of ether oxygens (including phenoxy) is 2. The van der Waals surface area contributed by atoms with E-state index in [2.05, 4.69) is 39.5 Å². The molecular formula is C18H23ClO2. The molecule has 0 radical (unpaired) electrons. The van der Waals surface area contributed by atoms with Gasteiger partial charge in [0.2, 0.25) is 0 Å². The average Bonchev–Trinajstić information content (AvgIpc) is 2.57. The number of hydrogen-bond donors (Lipinski definition) is 0. The zero-order valence-corrected chi connectivity index (χ0v) is 14.2. The third kappa shape index (κ3) is 3.93. The van der Waals surface area contributed by atoms with E-state index in [1.165, 1.54) is 0 Å². The lowest BCUT2D eigenvalue weighted by molar-refractivity contribution is -0.0846. The molecule has 0 saturated carbocycles. The largest absolute Gasteiger partial charge is 0.486 e. The molecule has 2 nitrogen and oxygen atoms in total. The van der Waals surface area contributed by atoms with E-state index in [9.17, 15) is 0 Å². The summed E-state index contributed by atoms with van der Waals surface area (Å²) in [6.45, 7) is 10.4. The topological polar surface area (TPSA) is 18.5 Å². The molecule has 1 saturated heterocycles. The molecule has 0 bridgehead atoms. The van der Waals surface area contributed by atoms with Crippen LogP contribution >= 0.6 is 11.6 Å². The van der Waals surface area contributed by atoms with Gasteiger partial charge in [0.1, 0.15) is 17.5 Å². The van der Waals surface area contributed by atoms with Crippen molar-refractivity contribution in [2.24, 2.45) is 0 Å². The highest BCUT2D eigenvalue weighted by atomic mass is 35.5. The Labute approximate surface area is 132 Å². The number of aryl methyl sites for hydroxylation is 1. The van der Waals surface area contributed by atoms with Crippen LogP contribution in [-0.4, -0.2) is 23.2 Å². The van der Waals surface area contributed by atoms with Gasteiger partial charge in [0.15, 0.2) is 0 Å². The Balaban J connectivity index is 2.27. The fourth-order valence-corrected chi connectivity index (χ4v) is 2.89. The maximum Gasteiger partial charge on any atom is 0.135 e. The van der Waals surface area contributed by atoms with Gasteiger partial charge in [-0.05, 0) is 52.3 Å². The van der Waals surface area contributed by atoms with E-state index in [0.717, 1.165) is 23.3 Å². The molecule has 1 fully saturated rings. The molecule has 0 aliphatic carbocycles. The van der Waals surface area contributed by atoms with Crippen LogP contribution < -0.4 is 4.74 Å². The van der Waals surface area contributed by atoms with Crippen LogP contribution in [0, 0.1) is 18.8 Å². The van der Waals surface area contributed by atoms with Crippen molar-refractivity contribution in [1.82, 2.24) is 0 Å². The van der Waals surface area contributed by atoms with Gasteiger partial charge in [0.25, 0.3) is 0 Å². The molecule has 1 aromatic rings. The van der Waals surface area contributed by atoms with Crippen molar-refractivity contribution in [1.29, 1.82) is 0 Å². The fraction of sp³-hybridized carbons (Fsp3) is 0.556. The molecule has 1 atom stereocenters. The lowest BCUT2D eigenvalue weighted by Gasteiger charge is -2.27. The lowest BCUT2D eigenvalue weighted by Crippen LogP contribution is -2.36. The van der Waals surface area contributed by atoms with Crippen LogP contribution in [0.15, 0.2) is 18.2 Å². The molecule has 1 heterocycles. The SMILES string of the molecule is Cc1ccc(OC2CC(C)(C)OC2(C)C)c(C#CCCl)c1. The molecule has 1 aliphatic rings. The van der Waals surface area contributed by atoms with Crippen molar-refractivity contribution >= 4 is 11.6 Å². The summed E-state index contributed by atoms with van der Waals surface area (Å²) in [7, 11) is 0. The van der Waals surface area contributed by atoms with Crippen molar-refractivity contribution < 1.29 is 9.47 Å². The second kappa shape index (κ2) is 5.91. The highest BCUT2D eigenvalue weighted by Gasteiger charge is 2.47. The van der Waals surface area contributed by atoms with Gasteiger partial charge in [-0.15, -0.1) is 11.6 Å². The molecule has 114 valence electrons. The predicted octanol–water partition coefficient (Wildman–Crippen LogP) is 4.31. The first-order chi connectivity index (χ1) is 9.73. The third-order valence-corrected chi connectivity index (χ3v) is 3.82. The van der Waals surface area contributed by atoms with Crippen molar-refractivity contribution in [2.45, 2.75) is 58.3 Å². The Morgan fingerprint density at radius 3 is 2.62 bits per heavy atom. The van der Waals surface area contributed by atoms with E-state index in [4.69, 9.17) is 21.1 Å². The van der Waals surface area contributed by atoms with Crippen molar-refractivity contribution in [3.63, 3.8) is 0 Å². The standard InChI is InChI=1S/C18H23ClO2/c1-13-8-9-15(14(11-13)7-6-10-19)20-16-12-17(2,3)21-18(16,4)5/h8-9,11,16H,10,12H2,1-5H3. The normalized spacial score (nSPS) is 22.5. The molecule has 3 heteroatoms. The van der Waals surface area contributed by atoms with Crippen molar-refractivity contribution in [3.8, 4) is 17.6 Å². The molecule has 21 heavy (non-hydrogen) atoms. The fourth-order valence-electron chi connectivity index (χ4n) is 2.82. The maximum absolute atomic E-state index is 6.24. The first-order valence-electron chi connectivity index (χ1n) is 7.26. The van der Waals surface area contributed by atoms with Gasteiger partial charge in [0.05, 0.1) is 17.0 Å². The van der Waals surface area contributed by atoms with Gasteiger partial charge in [-0.25, -0.2) is 0 Å². The predicted molar refractivity (Wildman–Crippen MR) is 87.1 cm³/mol. The van der Waals surface area contributed by atoms with Crippen LogP contribution in [0.4, 0.5) is 0 Å². The molecule has 1 aromatic carbocycles. The zero-order chi connectivity index (χ0) is 15.7. The lowest BCUT2D eigenvalue weighted by atomic mass is 9.97. The highest BCUT2D eigenvalue weighted by molar-refractivity contribution is 6.19. The number of rotatable bonds is 2. The van der Waals surface area contributed by atoms with Gasteiger partial charge >= 0.3 is 0 Å². The van der Waals surface area contributed by atoms with Gasteiger partial charge < -0.3 is 9.47 Å². The first-order valence-corrected chi connectivity index (χ1v) is 7.79. The molecule has 0 spiro atoms. The molecule has 2 rings (SSSR count). The molecule has 0 aromatic heterocycles. The van der Waals surface area contributed by atoms with Gasteiger partial charge in [-0.3, -0.25) is 0 Å². The summed E-state index contributed by atoms with van der Waals surface area (Å²) in [4.78, 5) is 0. The molecule has 0 N–H and O–H groups in total. The van der Waals surface area contributed by atoms with Crippen LogP contribution in [0.3, 0.4) is 0 Å². The summed E-state index contributed by atoms with van der Waals surface area (Å²) in [5.41, 5.74) is 1.56. The second-order valence-corrected chi connectivity index (χ2v) is 6.98. The van der Waals surface area contributed by atoms with Gasteiger partial charge in [0, 0.05) is 6.42 Å². The highest BCUT2D eigenvalue weighted by Crippen LogP contribution is 2.40. The van der Waals surface area contributed by atoms with E-state index >= 15 is 0 Å². The van der Waals surface area contributed by atoms with Crippen LogP contribution in [0.5, 0.6) is 5.75 Å². The zero-order valence-electron chi connectivity index (χ0n) is 13.4. The number of halogens is 1. The van der Waals surface area contributed by atoms with Gasteiger partial charge in [-0.2, -0.15) is 0 Å². The Morgan fingerprint density at radius 1 is 1.33 bits per heavy atom. The quantitative estimate of drug-likeness (QED) is 0.599. The Bertz CT molecular complexity index is 579. The van der Waals surface area contributed by atoms with Crippen LogP contribution in [0.25, 0.3) is 0 Å². The second-order valence-electron chi connectivity index (χ2n) is 6.71. The van der Waals surface area contributed by atoms with Crippen molar-refractivity contribution in [3.05, 3.63) is 29.3 Å². The van der Waals surface area contributed by atoms with Crippen molar-refractivity contribution in [2.75, 3.05) is 5.88 Å². The summed E-state index contributed by atoms with van der Waals surface area (Å²) < 4.78 is 12.3. The summed E-state index contributed by atoms with van der Waals surface area (Å²) in [5, 5.41) is 0. The van der Waals surface area contributed by atoms with E-state index in [0.29, 0.717) is 5.88 Å². The smallest absolute Gasteiger partial charge is 0.135 e. The summed E-state index contributed by atoms with van der Waals surface area (Å²) in [5.74, 6) is 7.10. The van der Waals surface area contributed by atoms with Crippen LogP contribution in [0.1, 0.15) is 45.2 Å². The summed E-state index contributed by atoms with van der Waals surface area (Å²) >= 11 is 5.66. The Morgan fingerprint density at radius 2 is 2.05 bits per heavy atom. The van der Waals surface area contributed by atoms with E-state index in [1.807, 2.05) is 25.1 Å². The van der Waals surface area contributed by atoms with E-state index < -0.39 is 0 Å². The summed E-state index contributed by atoms with van der Waals surface area (Å²) in [6.07, 6.45) is 0.864. The van der Waals surface area contributed by atoms with E-state index in [1.54, 1.807) is 0 Å². The van der Waals surface area contributed by atoms with Crippen LogP contribution in [0.2, 0.25) is 0 Å². The monoisotopic (exact) mass is 306 g/mol. The molecule has 0 amide bonds. The number of benzene rings is 1. The maximum atomic E-state index is 6.24.